The van der Waals surface area contributed by atoms with Gasteiger partial charge in [-0.3, -0.25) is 19.8 Å². The Morgan fingerprint density at radius 2 is 1.90 bits per heavy atom. The van der Waals surface area contributed by atoms with Crippen molar-refractivity contribution >= 4 is 17.8 Å². The van der Waals surface area contributed by atoms with Gasteiger partial charge in [0.15, 0.2) is 0 Å². The third kappa shape index (κ3) is 2.52. The SMILES string of the molecule is C#CCCN1C(=O)NC(=O)C(c2ccc(F)cc2)C1=O. The van der Waals surface area contributed by atoms with Crippen LogP contribution >= 0.6 is 0 Å². The Morgan fingerprint density at radius 1 is 1.25 bits per heavy atom. The molecule has 20 heavy (non-hydrogen) atoms. The number of carbonyl (C=O) groups is 3. The van der Waals surface area contributed by atoms with Crippen molar-refractivity contribution in [2.45, 2.75) is 12.3 Å². The van der Waals surface area contributed by atoms with Gasteiger partial charge in [-0.1, -0.05) is 12.1 Å². The molecule has 1 aromatic carbocycles. The smallest absolute Gasteiger partial charge is 0.277 e. The van der Waals surface area contributed by atoms with Crippen LogP contribution in [0.5, 0.6) is 0 Å². The first kappa shape index (κ1) is 13.7. The highest BCUT2D eigenvalue weighted by Crippen LogP contribution is 2.23. The fraction of sp³-hybridized carbons (Fsp3) is 0.214. The molecule has 6 heteroatoms. The van der Waals surface area contributed by atoms with Gasteiger partial charge in [0.05, 0.1) is 0 Å². The molecule has 0 aromatic heterocycles. The van der Waals surface area contributed by atoms with E-state index in [9.17, 15) is 18.8 Å². The zero-order chi connectivity index (χ0) is 14.7. The third-order valence-corrected chi connectivity index (χ3v) is 2.93. The summed E-state index contributed by atoms with van der Waals surface area (Å²) in [5, 5.41) is 2.10. The van der Waals surface area contributed by atoms with E-state index in [4.69, 9.17) is 6.42 Å². The molecule has 2 rings (SSSR count). The number of terminal acetylenes is 1. The summed E-state index contributed by atoms with van der Waals surface area (Å²) in [6, 6.07) is 4.20. The number of benzene rings is 1. The minimum atomic E-state index is -1.16. The molecule has 1 heterocycles. The van der Waals surface area contributed by atoms with Crippen molar-refractivity contribution in [1.82, 2.24) is 10.2 Å². The van der Waals surface area contributed by atoms with E-state index in [-0.39, 0.29) is 13.0 Å². The Hall–Kier alpha value is -2.68. The molecule has 1 aliphatic rings. The summed E-state index contributed by atoms with van der Waals surface area (Å²) in [5.41, 5.74) is 0.326. The van der Waals surface area contributed by atoms with E-state index in [0.717, 1.165) is 17.0 Å². The maximum Gasteiger partial charge on any atom is 0.330 e. The lowest BCUT2D eigenvalue weighted by Crippen LogP contribution is -2.56. The number of hydrogen-bond acceptors (Lipinski definition) is 3. The molecule has 0 aliphatic carbocycles. The Bertz CT molecular complexity index is 604. The van der Waals surface area contributed by atoms with Gasteiger partial charge in [-0.25, -0.2) is 9.18 Å². The number of halogens is 1. The summed E-state index contributed by atoms with van der Waals surface area (Å²) < 4.78 is 12.9. The van der Waals surface area contributed by atoms with Gasteiger partial charge in [0.2, 0.25) is 11.8 Å². The summed E-state index contributed by atoms with van der Waals surface area (Å²) in [5.74, 6) is -0.686. The number of nitrogens with one attached hydrogen (secondary N) is 1. The molecule has 0 bridgehead atoms. The van der Waals surface area contributed by atoms with Crippen LogP contribution in [0, 0.1) is 18.2 Å². The van der Waals surface area contributed by atoms with Gasteiger partial charge < -0.3 is 0 Å². The number of rotatable bonds is 3. The molecule has 1 aromatic rings. The van der Waals surface area contributed by atoms with Crippen LogP contribution < -0.4 is 5.32 Å². The van der Waals surface area contributed by atoms with Crippen molar-refractivity contribution in [3.05, 3.63) is 35.6 Å². The van der Waals surface area contributed by atoms with Crippen molar-refractivity contribution in [2.24, 2.45) is 0 Å². The molecule has 0 saturated carbocycles. The second-order valence-corrected chi connectivity index (χ2v) is 4.22. The third-order valence-electron chi connectivity index (χ3n) is 2.93. The summed E-state index contributed by atoms with van der Waals surface area (Å²) in [4.78, 5) is 36.5. The summed E-state index contributed by atoms with van der Waals surface area (Å²) in [6.45, 7) is 0.0339. The molecule has 1 saturated heterocycles. The molecule has 4 amide bonds. The van der Waals surface area contributed by atoms with Gasteiger partial charge in [0, 0.05) is 13.0 Å². The minimum absolute atomic E-state index is 0.0339. The van der Waals surface area contributed by atoms with Crippen molar-refractivity contribution in [1.29, 1.82) is 0 Å². The van der Waals surface area contributed by atoms with E-state index in [1.54, 1.807) is 0 Å². The Morgan fingerprint density at radius 3 is 2.50 bits per heavy atom. The molecule has 102 valence electrons. The zero-order valence-electron chi connectivity index (χ0n) is 10.4. The van der Waals surface area contributed by atoms with E-state index in [1.807, 2.05) is 0 Å². The lowest BCUT2D eigenvalue weighted by molar-refractivity contribution is -0.138. The van der Waals surface area contributed by atoms with Crippen LogP contribution in [0.15, 0.2) is 24.3 Å². The van der Waals surface area contributed by atoms with Crippen LogP contribution in [0.3, 0.4) is 0 Å². The molecule has 1 N–H and O–H groups in total. The largest absolute Gasteiger partial charge is 0.330 e. The first-order chi connectivity index (χ1) is 9.54. The van der Waals surface area contributed by atoms with Crippen molar-refractivity contribution in [2.75, 3.05) is 6.54 Å². The Balaban J connectivity index is 2.30. The van der Waals surface area contributed by atoms with Crippen LogP contribution in [-0.2, 0) is 9.59 Å². The fourth-order valence-corrected chi connectivity index (χ4v) is 1.95. The normalized spacial score (nSPS) is 18.7. The van der Waals surface area contributed by atoms with Crippen LogP contribution in [0.1, 0.15) is 17.9 Å². The highest BCUT2D eigenvalue weighted by atomic mass is 19.1. The van der Waals surface area contributed by atoms with E-state index in [0.29, 0.717) is 5.56 Å². The Labute approximate surface area is 114 Å². The maximum atomic E-state index is 12.9. The van der Waals surface area contributed by atoms with Crippen LogP contribution in [0.2, 0.25) is 0 Å². The molecule has 5 nitrogen and oxygen atoms in total. The fourth-order valence-electron chi connectivity index (χ4n) is 1.95. The van der Waals surface area contributed by atoms with Gasteiger partial charge in [0.25, 0.3) is 0 Å². The lowest BCUT2D eigenvalue weighted by atomic mass is 9.95. The average molecular weight is 274 g/mol. The minimum Gasteiger partial charge on any atom is -0.277 e. The van der Waals surface area contributed by atoms with Gasteiger partial charge in [0.1, 0.15) is 11.7 Å². The van der Waals surface area contributed by atoms with Gasteiger partial charge >= 0.3 is 6.03 Å². The molecular weight excluding hydrogens is 263 g/mol. The lowest BCUT2D eigenvalue weighted by Gasteiger charge is -2.29. The van der Waals surface area contributed by atoms with Crippen LogP contribution in [0.25, 0.3) is 0 Å². The second-order valence-electron chi connectivity index (χ2n) is 4.22. The topological polar surface area (TPSA) is 66.5 Å². The number of carbonyl (C=O) groups excluding carboxylic acids is 3. The van der Waals surface area contributed by atoms with E-state index < -0.39 is 29.6 Å². The predicted molar refractivity (Wildman–Crippen MR) is 67.8 cm³/mol. The number of hydrogen-bond donors (Lipinski definition) is 1. The summed E-state index contributed by atoms with van der Waals surface area (Å²) >= 11 is 0. The first-order valence-corrected chi connectivity index (χ1v) is 5.89. The monoisotopic (exact) mass is 274 g/mol. The van der Waals surface area contributed by atoms with Crippen molar-refractivity contribution in [3.8, 4) is 12.3 Å². The van der Waals surface area contributed by atoms with E-state index in [1.165, 1.54) is 12.1 Å². The van der Waals surface area contributed by atoms with Crippen molar-refractivity contribution < 1.29 is 18.8 Å². The standard InChI is InChI=1S/C14H11FN2O3/c1-2-3-8-17-13(19)11(12(18)16-14(17)20)9-4-6-10(15)7-5-9/h1,4-7,11H,3,8H2,(H,16,18,20). The molecule has 0 spiro atoms. The highest BCUT2D eigenvalue weighted by molar-refractivity contribution is 6.19. The number of nitrogens with zero attached hydrogens (tertiary/aromatic N) is 1. The van der Waals surface area contributed by atoms with E-state index in [2.05, 4.69) is 11.2 Å². The van der Waals surface area contributed by atoms with Gasteiger partial charge in [-0.05, 0) is 17.7 Å². The highest BCUT2D eigenvalue weighted by Gasteiger charge is 2.40. The zero-order valence-corrected chi connectivity index (χ0v) is 10.4. The molecule has 1 unspecified atom stereocenters. The summed E-state index contributed by atoms with van der Waals surface area (Å²) in [6.07, 6.45) is 5.30. The van der Waals surface area contributed by atoms with Gasteiger partial charge in [-0.15, -0.1) is 12.3 Å². The van der Waals surface area contributed by atoms with Gasteiger partial charge in [-0.2, -0.15) is 0 Å². The number of imide groups is 2. The number of amides is 4. The average Bonchev–Trinajstić information content (AvgIpc) is 2.40. The summed E-state index contributed by atoms with van der Waals surface area (Å²) in [7, 11) is 0. The maximum absolute atomic E-state index is 12.9. The Kier molecular flexibility index (Phi) is 3.80. The van der Waals surface area contributed by atoms with Crippen molar-refractivity contribution in [3.63, 3.8) is 0 Å². The molecular formula is C14H11FN2O3. The number of barbiturate groups is 1. The first-order valence-electron chi connectivity index (χ1n) is 5.89. The molecule has 1 fully saturated rings. The van der Waals surface area contributed by atoms with Crippen LogP contribution in [0.4, 0.5) is 9.18 Å². The quantitative estimate of drug-likeness (QED) is 0.661. The predicted octanol–water partition coefficient (Wildman–Crippen LogP) is 1.01. The van der Waals surface area contributed by atoms with E-state index >= 15 is 0 Å². The number of urea groups is 1. The molecule has 1 aliphatic heterocycles. The molecule has 0 radical (unpaired) electrons. The van der Waals surface area contributed by atoms with Crippen LogP contribution in [-0.4, -0.2) is 29.3 Å². The molecule has 1 atom stereocenters. The second kappa shape index (κ2) is 5.53.